The standard InChI is InChI=1S/C23H28O2S/c1-16-13-19(25-15-23(24)9-11-26-12-10-23)14-17(2)22(16)21-8-4-6-18-5-3-7-20(18)21/h4,6,8,13-14,24H,3,5,7,9-12,15H2,1-2H3. The monoisotopic (exact) mass is 368 g/mol. The lowest BCUT2D eigenvalue weighted by Gasteiger charge is -2.31. The molecule has 1 heterocycles. The summed E-state index contributed by atoms with van der Waals surface area (Å²) in [6.45, 7) is 4.75. The van der Waals surface area contributed by atoms with E-state index in [0.29, 0.717) is 6.61 Å². The van der Waals surface area contributed by atoms with Crippen LogP contribution in [-0.2, 0) is 12.8 Å². The number of ether oxygens (including phenoxy) is 1. The molecular weight excluding hydrogens is 340 g/mol. The highest BCUT2D eigenvalue weighted by Crippen LogP contribution is 2.37. The number of aliphatic hydroxyl groups is 1. The lowest BCUT2D eigenvalue weighted by molar-refractivity contribution is -0.0115. The molecule has 4 rings (SSSR count). The first kappa shape index (κ1) is 17.9. The van der Waals surface area contributed by atoms with Gasteiger partial charge in [0.25, 0.3) is 0 Å². The van der Waals surface area contributed by atoms with Gasteiger partial charge in [0.2, 0.25) is 0 Å². The minimum Gasteiger partial charge on any atom is -0.491 e. The summed E-state index contributed by atoms with van der Waals surface area (Å²) >= 11 is 1.92. The first-order valence-electron chi connectivity index (χ1n) is 9.71. The topological polar surface area (TPSA) is 29.5 Å². The maximum atomic E-state index is 10.7. The van der Waals surface area contributed by atoms with E-state index < -0.39 is 5.60 Å². The Hall–Kier alpha value is -1.45. The molecule has 3 heteroatoms. The molecule has 2 aromatic rings. The Morgan fingerprint density at radius 1 is 1.08 bits per heavy atom. The van der Waals surface area contributed by atoms with Gasteiger partial charge in [0.05, 0.1) is 0 Å². The van der Waals surface area contributed by atoms with Crippen LogP contribution in [0, 0.1) is 13.8 Å². The molecule has 2 nitrogen and oxygen atoms in total. The number of fused-ring (bicyclic) bond motifs is 1. The summed E-state index contributed by atoms with van der Waals surface area (Å²) in [5, 5.41) is 10.7. The van der Waals surface area contributed by atoms with E-state index in [1.807, 2.05) is 11.8 Å². The second kappa shape index (κ2) is 7.28. The molecule has 1 aliphatic heterocycles. The number of hydrogen-bond donors (Lipinski definition) is 1. The molecule has 138 valence electrons. The van der Waals surface area contributed by atoms with Gasteiger partial charge in [0.15, 0.2) is 0 Å². The van der Waals surface area contributed by atoms with Gasteiger partial charge in [-0.3, -0.25) is 0 Å². The smallest absolute Gasteiger partial charge is 0.120 e. The van der Waals surface area contributed by atoms with E-state index in [4.69, 9.17) is 4.74 Å². The first-order valence-corrected chi connectivity index (χ1v) is 10.9. The molecule has 0 saturated carbocycles. The van der Waals surface area contributed by atoms with Gasteiger partial charge >= 0.3 is 0 Å². The van der Waals surface area contributed by atoms with Crippen LogP contribution < -0.4 is 4.74 Å². The molecule has 0 spiro atoms. The quantitative estimate of drug-likeness (QED) is 0.814. The van der Waals surface area contributed by atoms with Crippen LogP contribution in [0.4, 0.5) is 0 Å². The van der Waals surface area contributed by atoms with Crippen molar-refractivity contribution in [3.8, 4) is 16.9 Å². The van der Waals surface area contributed by atoms with Gasteiger partial charge in [0, 0.05) is 0 Å². The van der Waals surface area contributed by atoms with E-state index in [1.54, 1.807) is 0 Å². The molecule has 1 aliphatic carbocycles. The Morgan fingerprint density at radius 3 is 2.54 bits per heavy atom. The largest absolute Gasteiger partial charge is 0.491 e. The van der Waals surface area contributed by atoms with Gasteiger partial charge in [-0.2, -0.15) is 11.8 Å². The van der Waals surface area contributed by atoms with E-state index in [-0.39, 0.29) is 0 Å². The van der Waals surface area contributed by atoms with Gasteiger partial charge in [0.1, 0.15) is 18.0 Å². The highest BCUT2D eigenvalue weighted by atomic mass is 32.2. The number of benzene rings is 2. The number of hydrogen-bond acceptors (Lipinski definition) is 3. The zero-order valence-corrected chi connectivity index (χ0v) is 16.6. The van der Waals surface area contributed by atoms with E-state index in [1.165, 1.54) is 52.6 Å². The molecule has 0 radical (unpaired) electrons. The van der Waals surface area contributed by atoms with Crippen LogP contribution >= 0.6 is 11.8 Å². The fourth-order valence-corrected chi connectivity index (χ4v) is 5.65. The molecule has 0 bridgehead atoms. The number of rotatable bonds is 4. The summed E-state index contributed by atoms with van der Waals surface area (Å²) in [6, 6.07) is 11.0. The first-order chi connectivity index (χ1) is 12.6. The Labute approximate surface area is 161 Å². The van der Waals surface area contributed by atoms with Crippen LogP contribution in [0.1, 0.15) is 41.5 Å². The van der Waals surface area contributed by atoms with E-state index in [9.17, 15) is 5.11 Å². The molecule has 2 aromatic carbocycles. The lowest BCUT2D eigenvalue weighted by atomic mass is 9.90. The minimum absolute atomic E-state index is 0.395. The molecule has 0 unspecified atom stereocenters. The summed E-state index contributed by atoms with van der Waals surface area (Å²) < 4.78 is 6.03. The van der Waals surface area contributed by atoms with Crippen molar-refractivity contribution in [1.82, 2.24) is 0 Å². The van der Waals surface area contributed by atoms with Gasteiger partial charge < -0.3 is 9.84 Å². The van der Waals surface area contributed by atoms with Crippen molar-refractivity contribution in [3.05, 3.63) is 52.6 Å². The molecule has 2 aliphatic rings. The molecule has 0 amide bonds. The van der Waals surface area contributed by atoms with Gasteiger partial charge in [-0.05, 0) is 103 Å². The molecule has 0 atom stereocenters. The third-order valence-electron chi connectivity index (χ3n) is 5.85. The summed E-state index contributed by atoms with van der Waals surface area (Å²) in [4.78, 5) is 0. The number of aryl methyl sites for hydroxylation is 3. The van der Waals surface area contributed by atoms with Gasteiger partial charge in [-0.25, -0.2) is 0 Å². The third kappa shape index (κ3) is 3.52. The Kier molecular flexibility index (Phi) is 5.02. The van der Waals surface area contributed by atoms with Gasteiger partial charge in [-0.15, -0.1) is 0 Å². The number of thioether (sulfide) groups is 1. The lowest BCUT2D eigenvalue weighted by Crippen LogP contribution is -2.39. The molecule has 26 heavy (non-hydrogen) atoms. The predicted molar refractivity (Wildman–Crippen MR) is 110 cm³/mol. The zero-order valence-electron chi connectivity index (χ0n) is 15.8. The van der Waals surface area contributed by atoms with Gasteiger partial charge in [-0.1, -0.05) is 18.2 Å². The molecule has 1 saturated heterocycles. The van der Waals surface area contributed by atoms with E-state index in [2.05, 4.69) is 44.2 Å². The fraction of sp³-hybridized carbons (Fsp3) is 0.478. The SMILES string of the molecule is Cc1cc(OCC2(O)CCSCC2)cc(C)c1-c1cccc2c1CCC2. The Bertz CT molecular complexity index is 783. The Balaban J connectivity index is 1.59. The summed E-state index contributed by atoms with van der Waals surface area (Å²) in [5.41, 5.74) is 7.64. The second-order valence-corrected chi connectivity index (χ2v) is 9.08. The fourth-order valence-electron chi connectivity index (χ4n) is 4.40. The van der Waals surface area contributed by atoms with Crippen molar-refractivity contribution >= 4 is 11.8 Å². The highest BCUT2D eigenvalue weighted by molar-refractivity contribution is 7.99. The van der Waals surface area contributed by atoms with Crippen LogP contribution in [0.2, 0.25) is 0 Å². The summed E-state index contributed by atoms with van der Waals surface area (Å²) in [5.74, 6) is 2.93. The van der Waals surface area contributed by atoms with Crippen molar-refractivity contribution < 1.29 is 9.84 Å². The van der Waals surface area contributed by atoms with Crippen LogP contribution in [0.15, 0.2) is 30.3 Å². The van der Waals surface area contributed by atoms with Crippen LogP contribution in [0.3, 0.4) is 0 Å². The summed E-state index contributed by atoms with van der Waals surface area (Å²) in [7, 11) is 0. The zero-order chi connectivity index (χ0) is 18.1. The highest BCUT2D eigenvalue weighted by Gasteiger charge is 2.30. The van der Waals surface area contributed by atoms with Crippen molar-refractivity contribution in [2.75, 3.05) is 18.1 Å². The molecule has 0 aromatic heterocycles. The minimum atomic E-state index is -0.661. The maximum Gasteiger partial charge on any atom is 0.120 e. The van der Waals surface area contributed by atoms with Crippen molar-refractivity contribution in [1.29, 1.82) is 0 Å². The molecule has 1 fully saturated rings. The second-order valence-electron chi connectivity index (χ2n) is 7.85. The molecule has 1 N–H and O–H groups in total. The summed E-state index contributed by atoms with van der Waals surface area (Å²) in [6.07, 6.45) is 5.31. The molecular formula is C23H28O2S. The van der Waals surface area contributed by atoms with Crippen LogP contribution in [-0.4, -0.2) is 28.8 Å². The average Bonchev–Trinajstić information content (AvgIpc) is 3.10. The predicted octanol–water partition coefficient (Wildman–Crippen LogP) is 5.10. The van der Waals surface area contributed by atoms with Crippen LogP contribution in [0.25, 0.3) is 11.1 Å². The third-order valence-corrected chi connectivity index (χ3v) is 6.84. The average molecular weight is 369 g/mol. The van der Waals surface area contributed by atoms with Crippen LogP contribution in [0.5, 0.6) is 5.75 Å². The van der Waals surface area contributed by atoms with Crippen molar-refractivity contribution in [3.63, 3.8) is 0 Å². The van der Waals surface area contributed by atoms with Crippen molar-refractivity contribution in [2.24, 2.45) is 0 Å². The van der Waals surface area contributed by atoms with Crippen molar-refractivity contribution in [2.45, 2.75) is 51.6 Å². The van der Waals surface area contributed by atoms with E-state index in [0.717, 1.165) is 30.1 Å². The maximum absolute atomic E-state index is 10.7. The Morgan fingerprint density at radius 2 is 1.81 bits per heavy atom. The van der Waals surface area contributed by atoms with E-state index >= 15 is 0 Å². The normalized spacial score (nSPS) is 18.6.